The zero-order valence-electron chi connectivity index (χ0n) is 15.6. The molecule has 0 aliphatic carbocycles. The molecular weight excluding hydrogens is 397 g/mol. The molecule has 144 valence electrons. The number of nitrogens with one attached hydrogen (secondary N) is 2. The third-order valence-corrected chi connectivity index (χ3v) is 6.05. The average Bonchev–Trinajstić information content (AvgIpc) is 3.51. The van der Waals surface area contributed by atoms with E-state index >= 15 is 0 Å². The summed E-state index contributed by atoms with van der Waals surface area (Å²) in [6.45, 7) is 0. The van der Waals surface area contributed by atoms with Gasteiger partial charge in [0, 0.05) is 40.4 Å². The van der Waals surface area contributed by atoms with Crippen molar-refractivity contribution in [2.75, 3.05) is 0 Å². The number of rotatable bonds is 3. The topological polar surface area (TPSA) is 70.2 Å². The van der Waals surface area contributed by atoms with E-state index in [0.717, 1.165) is 66.2 Å². The normalized spacial score (nSPS) is 11.5. The van der Waals surface area contributed by atoms with Crippen LogP contribution in [0.4, 0.5) is 4.39 Å². The van der Waals surface area contributed by atoms with Crippen LogP contribution in [0.2, 0.25) is 0 Å². The third-order valence-electron chi connectivity index (χ3n) is 5.17. The molecule has 7 heteroatoms. The zero-order valence-corrected chi connectivity index (χ0v) is 16.4. The fourth-order valence-electron chi connectivity index (χ4n) is 3.75. The molecule has 5 heterocycles. The van der Waals surface area contributed by atoms with E-state index in [-0.39, 0.29) is 5.13 Å². The summed E-state index contributed by atoms with van der Waals surface area (Å²) in [6.07, 6.45) is 5.35. The summed E-state index contributed by atoms with van der Waals surface area (Å²) in [7, 11) is 0. The third kappa shape index (κ3) is 2.71. The smallest absolute Gasteiger partial charge is 0.177 e. The highest BCUT2D eigenvalue weighted by Gasteiger charge is 2.15. The van der Waals surface area contributed by atoms with Crippen molar-refractivity contribution in [3.05, 3.63) is 78.3 Å². The molecule has 0 radical (unpaired) electrons. The van der Waals surface area contributed by atoms with E-state index in [0.29, 0.717) is 0 Å². The highest BCUT2D eigenvalue weighted by molar-refractivity contribution is 7.13. The van der Waals surface area contributed by atoms with Crippen LogP contribution in [0.25, 0.3) is 54.9 Å². The molecule has 0 spiro atoms. The van der Waals surface area contributed by atoms with Gasteiger partial charge >= 0.3 is 0 Å². The van der Waals surface area contributed by atoms with Crippen LogP contribution in [0.5, 0.6) is 0 Å². The highest BCUT2D eigenvalue weighted by atomic mass is 32.1. The van der Waals surface area contributed by atoms with Crippen LogP contribution in [0.3, 0.4) is 0 Å². The number of fused-ring (bicyclic) bond motifs is 2. The van der Waals surface area contributed by atoms with Crippen LogP contribution in [-0.4, -0.2) is 25.1 Å². The number of pyridine rings is 2. The lowest BCUT2D eigenvalue weighted by Crippen LogP contribution is -1.81. The molecule has 5 aromatic heterocycles. The minimum Gasteiger partial charge on any atom is -0.353 e. The average molecular weight is 411 g/mol. The van der Waals surface area contributed by atoms with Gasteiger partial charge in [0.15, 0.2) is 5.13 Å². The van der Waals surface area contributed by atoms with Gasteiger partial charge in [0.25, 0.3) is 0 Å². The zero-order chi connectivity index (χ0) is 20.1. The Labute approximate surface area is 174 Å². The Hall–Kier alpha value is -3.84. The van der Waals surface area contributed by atoms with E-state index in [4.69, 9.17) is 0 Å². The summed E-state index contributed by atoms with van der Waals surface area (Å²) in [6, 6.07) is 17.3. The number of hydrogen-bond donors (Lipinski definition) is 2. The maximum atomic E-state index is 13.6. The van der Waals surface area contributed by atoms with Gasteiger partial charge < -0.3 is 4.98 Å². The van der Waals surface area contributed by atoms with Gasteiger partial charge in [-0.15, -0.1) is 11.3 Å². The summed E-state index contributed by atoms with van der Waals surface area (Å²) in [5, 5.41) is 9.39. The van der Waals surface area contributed by atoms with Crippen molar-refractivity contribution in [3.8, 4) is 33.1 Å². The minimum atomic E-state index is -0.221. The monoisotopic (exact) mass is 411 g/mol. The van der Waals surface area contributed by atoms with Crippen molar-refractivity contribution in [1.82, 2.24) is 25.1 Å². The molecule has 0 bridgehead atoms. The van der Waals surface area contributed by atoms with Crippen molar-refractivity contribution >= 4 is 33.1 Å². The van der Waals surface area contributed by atoms with Crippen LogP contribution in [0, 0.1) is 5.13 Å². The molecule has 0 aliphatic rings. The molecule has 2 N–H and O–H groups in total. The first kappa shape index (κ1) is 17.1. The number of aromatic amines is 2. The van der Waals surface area contributed by atoms with E-state index < -0.39 is 0 Å². The number of aromatic nitrogens is 5. The molecule has 0 aliphatic heterocycles. The van der Waals surface area contributed by atoms with Gasteiger partial charge in [-0.25, -0.2) is 0 Å². The molecule has 0 atom stereocenters. The summed E-state index contributed by atoms with van der Waals surface area (Å²) < 4.78 is 13.6. The summed E-state index contributed by atoms with van der Waals surface area (Å²) in [5.74, 6) is 0. The maximum Gasteiger partial charge on any atom is 0.177 e. The largest absolute Gasteiger partial charge is 0.353 e. The van der Waals surface area contributed by atoms with Crippen LogP contribution < -0.4 is 0 Å². The summed E-state index contributed by atoms with van der Waals surface area (Å²) in [5.41, 5.74) is 6.49. The van der Waals surface area contributed by atoms with Gasteiger partial charge in [-0.1, -0.05) is 12.1 Å². The molecule has 0 unspecified atom stereocenters. The van der Waals surface area contributed by atoms with Gasteiger partial charge in [0.2, 0.25) is 0 Å². The Balaban J connectivity index is 1.52. The standard InChI is InChI=1S/C23H14FN5S/c24-21-6-5-20(30-21)23-16-11-19(27-17(16)7-9-26-23)22-15-10-13(3-4-18(15)28-29-22)14-2-1-8-25-12-14/h1-12,27H,(H,28,29). The fraction of sp³-hybridized carbons (Fsp3) is 0. The Kier molecular flexibility index (Phi) is 3.75. The van der Waals surface area contributed by atoms with E-state index in [1.54, 1.807) is 18.5 Å². The molecule has 6 rings (SSSR count). The lowest BCUT2D eigenvalue weighted by molar-refractivity contribution is 0.657. The van der Waals surface area contributed by atoms with Gasteiger partial charge in [-0.05, 0) is 48.0 Å². The van der Waals surface area contributed by atoms with Gasteiger partial charge in [0.1, 0.15) is 5.69 Å². The molecule has 1 aromatic carbocycles. The molecule has 5 nitrogen and oxygen atoms in total. The Morgan fingerprint density at radius 1 is 0.833 bits per heavy atom. The van der Waals surface area contributed by atoms with Crippen molar-refractivity contribution < 1.29 is 4.39 Å². The van der Waals surface area contributed by atoms with Crippen LogP contribution in [0.1, 0.15) is 0 Å². The predicted molar refractivity (Wildman–Crippen MR) is 118 cm³/mol. The first-order chi connectivity index (χ1) is 14.8. The number of thiophene rings is 1. The second-order valence-electron chi connectivity index (χ2n) is 6.98. The van der Waals surface area contributed by atoms with Crippen molar-refractivity contribution in [2.45, 2.75) is 0 Å². The van der Waals surface area contributed by atoms with Gasteiger partial charge in [0.05, 0.1) is 21.8 Å². The van der Waals surface area contributed by atoms with E-state index in [9.17, 15) is 4.39 Å². The molecule has 0 saturated heterocycles. The number of H-pyrrole nitrogens is 2. The van der Waals surface area contributed by atoms with Crippen LogP contribution >= 0.6 is 11.3 Å². The van der Waals surface area contributed by atoms with Crippen LogP contribution in [-0.2, 0) is 0 Å². The Morgan fingerprint density at radius 2 is 1.77 bits per heavy atom. The first-order valence-corrected chi connectivity index (χ1v) is 10.2. The number of halogens is 1. The lowest BCUT2D eigenvalue weighted by Gasteiger charge is -2.01. The molecule has 30 heavy (non-hydrogen) atoms. The van der Waals surface area contributed by atoms with Crippen molar-refractivity contribution in [3.63, 3.8) is 0 Å². The number of hydrogen-bond acceptors (Lipinski definition) is 4. The Bertz CT molecular complexity index is 1510. The second kappa shape index (κ2) is 6.60. The summed E-state index contributed by atoms with van der Waals surface area (Å²) in [4.78, 5) is 12.9. The summed E-state index contributed by atoms with van der Waals surface area (Å²) >= 11 is 1.09. The molecule has 6 aromatic rings. The van der Waals surface area contributed by atoms with E-state index in [2.05, 4.69) is 37.3 Å². The van der Waals surface area contributed by atoms with Crippen molar-refractivity contribution in [2.24, 2.45) is 0 Å². The highest BCUT2D eigenvalue weighted by Crippen LogP contribution is 2.36. The SMILES string of the molecule is Fc1ccc(-c2nccc3[nH]c(-c4n[nH]c5ccc(-c6cccnc6)cc45)cc23)s1. The fourth-order valence-corrected chi connectivity index (χ4v) is 4.49. The van der Waals surface area contributed by atoms with E-state index in [1.807, 2.05) is 36.5 Å². The molecular formula is C23H14FN5S. The van der Waals surface area contributed by atoms with E-state index in [1.165, 1.54) is 6.07 Å². The van der Waals surface area contributed by atoms with Gasteiger partial charge in [-0.2, -0.15) is 9.49 Å². The van der Waals surface area contributed by atoms with Crippen LogP contribution in [0.15, 0.2) is 73.2 Å². The maximum absolute atomic E-state index is 13.6. The van der Waals surface area contributed by atoms with Gasteiger partial charge in [-0.3, -0.25) is 15.1 Å². The number of nitrogens with zero attached hydrogens (tertiary/aromatic N) is 3. The number of benzene rings is 1. The molecule has 0 amide bonds. The minimum absolute atomic E-state index is 0.221. The first-order valence-electron chi connectivity index (χ1n) is 9.38. The van der Waals surface area contributed by atoms with Crippen molar-refractivity contribution in [1.29, 1.82) is 0 Å². The molecule has 0 saturated carbocycles. The molecule has 0 fully saturated rings. The predicted octanol–water partition coefficient (Wildman–Crippen LogP) is 6.04. The Morgan fingerprint density at radius 3 is 2.60 bits per heavy atom. The second-order valence-corrected chi connectivity index (χ2v) is 8.02. The quantitative estimate of drug-likeness (QED) is 0.373. The lowest BCUT2D eigenvalue weighted by atomic mass is 10.0.